The van der Waals surface area contributed by atoms with Gasteiger partial charge in [-0.15, -0.1) is 0 Å². The van der Waals surface area contributed by atoms with Crippen LogP contribution in [0.3, 0.4) is 0 Å². The van der Waals surface area contributed by atoms with E-state index < -0.39 is 22.0 Å². The second-order valence-electron chi connectivity index (χ2n) is 3.10. The van der Waals surface area contributed by atoms with E-state index in [1.54, 1.807) is 0 Å². The van der Waals surface area contributed by atoms with Crippen LogP contribution in [-0.2, 0) is 17.3 Å². The smallest absolute Gasteiger partial charge is 0.297 e. The maximum Gasteiger partial charge on any atom is 0.329 e. The van der Waals surface area contributed by atoms with Gasteiger partial charge in [-0.1, -0.05) is 11.6 Å². The highest BCUT2D eigenvalue weighted by molar-refractivity contribution is 7.84. The van der Waals surface area contributed by atoms with E-state index in [0.29, 0.717) is 0 Å². The number of hydrogen-bond acceptors (Lipinski definition) is 3. The van der Waals surface area contributed by atoms with Gasteiger partial charge in [0.2, 0.25) is 0 Å². The number of H-pyrrole nitrogens is 1. The fourth-order valence-electron chi connectivity index (χ4n) is 1.07. The van der Waals surface area contributed by atoms with E-state index in [9.17, 15) is 13.8 Å². The minimum Gasteiger partial charge on any atom is -0.297 e. The average Bonchev–Trinajstić information content (AvgIpc) is 2.14. The number of aromatic amines is 1. The Kier molecular flexibility index (Phi) is 3.87. The summed E-state index contributed by atoms with van der Waals surface area (Å²) in [5.41, 5.74) is -0.714. The lowest BCUT2D eigenvalue weighted by Gasteiger charge is -2.04. The summed E-state index contributed by atoms with van der Waals surface area (Å²) in [6.07, 6.45) is 1.52. The highest BCUT2D eigenvalue weighted by atomic mass is 35.5. The summed E-state index contributed by atoms with van der Waals surface area (Å²) in [5.74, 6) is 0.268. The monoisotopic (exact) mass is 250 g/mol. The standard InChI is InChI=1S/C8H11ClN2O3S/c1-5-6(9)10-8(13)11(7(5)12)3-4-15(2)14/h3-4H2,1-2H3,(H,10,13). The van der Waals surface area contributed by atoms with Crippen molar-refractivity contribution < 1.29 is 4.21 Å². The van der Waals surface area contributed by atoms with E-state index in [1.165, 1.54) is 13.2 Å². The van der Waals surface area contributed by atoms with Gasteiger partial charge in [0.15, 0.2) is 0 Å². The number of rotatable bonds is 3. The van der Waals surface area contributed by atoms with Gasteiger partial charge in [-0.05, 0) is 6.92 Å². The van der Waals surface area contributed by atoms with Crippen LogP contribution in [0.5, 0.6) is 0 Å². The van der Waals surface area contributed by atoms with E-state index in [0.717, 1.165) is 4.57 Å². The van der Waals surface area contributed by atoms with Crippen LogP contribution in [0.2, 0.25) is 5.15 Å². The SMILES string of the molecule is Cc1c(Cl)[nH]c(=O)n(CCS(C)=O)c1=O. The highest BCUT2D eigenvalue weighted by Crippen LogP contribution is 2.02. The van der Waals surface area contributed by atoms with Gasteiger partial charge in [0, 0.05) is 34.9 Å². The summed E-state index contributed by atoms with van der Waals surface area (Å²) in [6.45, 7) is 1.66. The molecule has 1 unspecified atom stereocenters. The Labute approximate surface area is 93.5 Å². The van der Waals surface area contributed by atoms with E-state index in [4.69, 9.17) is 11.6 Å². The van der Waals surface area contributed by atoms with Crippen molar-refractivity contribution in [1.82, 2.24) is 9.55 Å². The van der Waals surface area contributed by atoms with Gasteiger partial charge >= 0.3 is 5.69 Å². The molecular formula is C8H11ClN2O3S. The molecule has 5 nitrogen and oxygen atoms in total. The highest BCUT2D eigenvalue weighted by Gasteiger charge is 2.08. The molecule has 1 N–H and O–H groups in total. The molecule has 1 rings (SSSR count). The normalized spacial score (nSPS) is 12.7. The molecule has 1 aromatic heterocycles. The Morgan fingerprint density at radius 1 is 1.47 bits per heavy atom. The van der Waals surface area contributed by atoms with Crippen LogP contribution in [0.4, 0.5) is 0 Å². The number of nitrogens with one attached hydrogen (secondary N) is 1. The Morgan fingerprint density at radius 3 is 2.60 bits per heavy atom. The molecule has 0 fully saturated rings. The van der Waals surface area contributed by atoms with E-state index >= 15 is 0 Å². The Hall–Kier alpha value is -0.880. The third kappa shape index (κ3) is 2.79. The van der Waals surface area contributed by atoms with Crippen molar-refractivity contribution in [2.24, 2.45) is 0 Å². The molecular weight excluding hydrogens is 240 g/mol. The zero-order chi connectivity index (χ0) is 11.6. The molecule has 1 aromatic rings. The molecule has 0 aliphatic heterocycles. The Morgan fingerprint density at radius 2 is 2.07 bits per heavy atom. The first-order chi connectivity index (χ1) is 6.93. The zero-order valence-corrected chi connectivity index (χ0v) is 9.94. The summed E-state index contributed by atoms with van der Waals surface area (Å²) in [4.78, 5) is 25.3. The van der Waals surface area contributed by atoms with Crippen molar-refractivity contribution in [2.75, 3.05) is 12.0 Å². The predicted molar refractivity (Wildman–Crippen MR) is 60.0 cm³/mol. The van der Waals surface area contributed by atoms with Crippen molar-refractivity contribution in [2.45, 2.75) is 13.5 Å². The lowest BCUT2D eigenvalue weighted by atomic mass is 10.4. The average molecular weight is 251 g/mol. The van der Waals surface area contributed by atoms with Crippen molar-refractivity contribution in [3.8, 4) is 0 Å². The summed E-state index contributed by atoms with van der Waals surface area (Å²) in [6, 6.07) is 0. The van der Waals surface area contributed by atoms with Crippen LogP contribution in [-0.4, -0.2) is 25.8 Å². The van der Waals surface area contributed by atoms with Gasteiger partial charge in [-0.25, -0.2) is 4.79 Å². The van der Waals surface area contributed by atoms with E-state index in [2.05, 4.69) is 4.98 Å². The van der Waals surface area contributed by atoms with E-state index in [1.807, 2.05) is 0 Å². The first kappa shape index (κ1) is 12.2. The van der Waals surface area contributed by atoms with Gasteiger partial charge in [0.1, 0.15) is 5.15 Å². The molecule has 15 heavy (non-hydrogen) atoms. The molecule has 0 saturated carbocycles. The lowest BCUT2D eigenvalue weighted by molar-refractivity contribution is 0.651. The Balaban J connectivity index is 3.19. The van der Waals surface area contributed by atoms with Gasteiger partial charge in [-0.2, -0.15) is 0 Å². The van der Waals surface area contributed by atoms with Crippen LogP contribution in [0, 0.1) is 6.92 Å². The minimum atomic E-state index is -1.04. The third-order valence-electron chi connectivity index (χ3n) is 1.96. The van der Waals surface area contributed by atoms with Gasteiger partial charge in [0.05, 0.1) is 0 Å². The molecule has 0 saturated heterocycles. The number of aromatic nitrogens is 2. The lowest BCUT2D eigenvalue weighted by Crippen LogP contribution is -2.37. The molecule has 84 valence electrons. The van der Waals surface area contributed by atoms with Crippen molar-refractivity contribution in [1.29, 1.82) is 0 Å². The first-order valence-electron chi connectivity index (χ1n) is 4.22. The zero-order valence-electron chi connectivity index (χ0n) is 8.37. The molecule has 0 bridgehead atoms. The number of hydrogen-bond donors (Lipinski definition) is 1. The van der Waals surface area contributed by atoms with Crippen molar-refractivity contribution >= 4 is 22.4 Å². The molecule has 0 aromatic carbocycles. The predicted octanol–water partition coefficient (Wildman–Crippen LogP) is -0.123. The molecule has 0 amide bonds. The van der Waals surface area contributed by atoms with Crippen LogP contribution in [0.25, 0.3) is 0 Å². The summed E-state index contributed by atoms with van der Waals surface area (Å²) in [5, 5.41) is 0.0545. The topological polar surface area (TPSA) is 71.9 Å². The van der Waals surface area contributed by atoms with Crippen molar-refractivity contribution in [3.63, 3.8) is 0 Å². The molecule has 0 radical (unpaired) electrons. The van der Waals surface area contributed by atoms with Gasteiger partial charge in [-0.3, -0.25) is 18.6 Å². The minimum absolute atomic E-state index is 0.0545. The summed E-state index contributed by atoms with van der Waals surface area (Å²) < 4.78 is 11.9. The molecule has 1 atom stereocenters. The maximum atomic E-state index is 11.6. The molecule has 0 aliphatic carbocycles. The van der Waals surface area contributed by atoms with Crippen LogP contribution in [0.1, 0.15) is 5.56 Å². The number of nitrogens with zero attached hydrogens (tertiary/aromatic N) is 1. The first-order valence-corrected chi connectivity index (χ1v) is 6.33. The van der Waals surface area contributed by atoms with Crippen LogP contribution in [0.15, 0.2) is 9.59 Å². The number of halogens is 1. The third-order valence-corrected chi connectivity index (χ3v) is 3.09. The fraction of sp³-hybridized carbons (Fsp3) is 0.500. The summed E-state index contributed by atoms with van der Waals surface area (Å²) in [7, 11) is -1.04. The maximum absolute atomic E-state index is 11.6. The fourth-order valence-corrected chi connectivity index (χ4v) is 1.67. The van der Waals surface area contributed by atoms with Gasteiger partial charge in [0.25, 0.3) is 5.56 Å². The van der Waals surface area contributed by atoms with Crippen LogP contribution >= 0.6 is 11.6 Å². The van der Waals surface area contributed by atoms with Crippen LogP contribution < -0.4 is 11.2 Å². The largest absolute Gasteiger partial charge is 0.329 e. The molecule has 0 aliphatic rings. The summed E-state index contributed by atoms with van der Waals surface area (Å²) >= 11 is 5.63. The second-order valence-corrected chi connectivity index (χ2v) is 5.04. The molecule has 1 heterocycles. The molecule has 0 spiro atoms. The van der Waals surface area contributed by atoms with E-state index in [-0.39, 0.29) is 23.0 Å². The molecule has 7 heteroatoms. The van der Waals surface area contributed by atoms with Gasteiger partial charge < -0.3 is 0 Å². The van der Waals surface area contributed by atoms with Crippen molar-refractivity contribution in [3.05, 3.63) is 31.6 Å². The Bertz CT molecular complexity index is 506. The second kappa shape index (κ2) is 4.76. The quantitative estimate of drug-likeness (QED) is 0.760.